The number of hydrogen-bond acceptors (Lipinski definition) is 4. The second-order valence-electron chi connectivity index (χ2n) is 5.60. The number of aryl methyl sites for hydroxylation is 3. The molecule has 0 saturated carbocycles. The molecule has 0 spiro atoms. The van der Waals surface area contributed by atoms with E-state index in [4.69, 9.17) is 4.74 Å². The van der Waals surface area contributed by atoms with E-state index in [2.05, 4.69) is 33.7 Å². The van der Waals surface area contributed by atoms with Crippen molar-refractivity contribution in [2.45, 2.75) is 53.5 Å². The molecule has 0 aliphatic carbocycles. The molecule has 0 bridgehead atoms. The van der Waals surface area contributed by atoms with Gasteiger partial charge in [0.15, 0.2) is 5.96 Å². The Kier molecular flexibility index (Phi) is 9.56. The number of carbonyl (C=O) groups is 1. The van der Waals surface area contributed by atoms with Crippen molar-refractivity contribution >= 4 is 11.9 Å². The summed E-state index contributed by atoms with van der Waals surface area (Å²) in [5, 5.41) is 10.9. The van der Waals surface area contributed by atoms with Crippen LogP contribution in [0.2, 0.25) is 0 Å². The average Bonchev–Trinajstić information content (AvgIpc) is 2.86. The molecule has 0 radical (unpaired) electrons. The van der Waals surface area contributed by atoms with Crippen molar-refractivity contribution in [1.29, 1.82) is 0 Å². The third-order valence-electron chi connectivity index (χ3n) is 3.40. The van der Waals surface area contributed by atoms with Gasteiger partial charge in [-0.15, -0.1) is 0 Å². The largest absolute Gasteiger partial charge is 0.466 e. The summed E-state index contributed by atoms with van der Waals surface area (Å²) in [6, 6.07) is 2.08. The second kappa shape index (κ2) is 11.5. The fraction of sp³-hybridized carbons (Fsp3) is 0.706. The van der Waals surface area contributed by atoms with Gasteiger partial charge >= 0.3 is 5.97 Å². The van der Waals surface area contributed by atoms with Crippen LogP contribution in [0.3, 0.4) is 0 Å². The molecule has 0 aliphatic rings. The summed E-state index contributed by atoms with van der Waals surface area (Å²) in [5.41, 5.74) is 2.23. The number of aromatic nitrogens is 2. The zero-order valence-electron chi connectivity index (χ0n) is 15.4. The quantitative estimate of drug-likeness (QED) is 0.294. The summed E-state index contributed by atoms with van der Waals surface area (Å²) in [6.45, 7) is 11.5. The SMILES string of the molecule is CCNC(=NCCCn1nc(C)cc1C)NCCCC(=O)OCC. The van der Waals surface area contributed by atoms with Crippen molar-refractivity contribution in [2.75, 3.05) is 26.2 Å². The highest BCUT2D eigenvalue weighted by molar-refractivity contribution is 5.79. The number of hydrogen-bond donors (Lipinski definition) is 2. The Morgan fingerprint density at radius 3 is 2.71 bits per heavy atom. The third-order valence-corrected chi connectivity index (χ3v) is 3.40. The zero-order chi connectivity index (χ0) is 17.8. The predicted octanol–water partition coefficient (Wildman–Crippen LogP) is 1.79. The maximum Gasteiger partial charge on any atom is 0.305 e. The van der Waals surface area contributed by atoms with E-state index < -0.39 is 0 Å². The van der Waals surface area contributed by atoms with Crippen LogP contribution in [0.4, 0.5) is 0 Å². The van der Waals surface area contributed by atoms with E-state index in [1.807, 2.05) is 25.5 Å². The predicted molar refractivity (Wildman–Crippen MR) is 96.2 cm³/mol. The van der Waals surface area contributed by atoms with Gasteiger partial charge in [-0.1, -0.05) is 0 Å². The highest BCUT2D eigenvalue weighted by Gasteiger charge is 2.03. The summed E-state index contributed by atoms with van der Waals surface area (Å²) >= 11 is 0. The number of carbonyl (C=O) groups excluding carboxylic acids is 1. The lowest BCUT2D eigenvalue weighted by atomic mass is 10.3. The number of esters is 1. The molecule has 1 aromatic rings. The molecule has 1 heterocycles. The van der Waals surface area contributed by atoms with Crippen LogP contribution in [0.1, 0.15) is 44.5 Å². The molecule has 0 aliphatic heterocycles. The molecule has 24 heavy (non-hydrogen) atoms. The van der Waals surface area contributed by atoms with Crippen LogP contribution in [0.15, 0.2) is 11.1 Å². The molecule has 2 N–H and O–H groups in total. The van der Waals surface area contributed by atoms with Crippen molar-refractivity contribution in [3.05, 3.63) is 17.5 Å². The first-order chi connectivity index (χ1) is 11.6. The van der Waals surface area contributed by atoms with Crippen LogP contribution in [-0.4, -0.2) is 48.0 Å². The van der Waals surface area contributed by atoms with Crippen LogP contribution in [0.5, 0.6) is 0 Å². The maximum absolute atomic E-state index is 11.3. The van der Waals surface area contributed by atoms with Gasteiger partial charge in [0.25, 0.3) is 0 Å². The summed E-state index contributed by atoms with van der Waals surface area (Å²) in [7, 11) is 0. The van der Waals surface area contributed by atoms with E-state index in [0.717, 1.165) is 44.1 Å². The Bertz CT molecular complexity index is 525. The minimum Gasteiger partial charge on any atom is -0.466 e. The number of nitrogens with zero attached hydrogens (tertiary/aromatic N) is 3. The smallest absolute Gasteiger partial charge is 0.305 e. The van der Waals surface area contributed by atoms with E-state index in [1.54, 1.807) is 0 Å². The van der Waals surface area contributed by atoms with E-state index in [-0.39, 0.29) is 5.97 Å². The molecule has 7 nitrogen and oxygen atoms in total. The molecule has 0 aromatic carbocycles. The van der Waals surface area contributed by atoms with E-state index >= 15 is 0 Å². The first-order valence-electron chi connectivity index (χ1n) is 8.75. The number of ether oxygens (including phenoxy) is 1. The van der Waals surface area contributed by atoms with Gasteiger partial charge in [0, 0.05) is 38.3 Å². The third kappa shape index (κ3) is 7.99. The van der Waals surface area contributed by atoms with Gasteiger partial charge < -0.3 is 15.4 Å². The molecule has 0 atom stereocenters. The standard InChI is InChI=1S/C17H31N5O2/c1-5-18-17(19-10-7-9-16(23)24-6-2)20-11-8-12-22-15(4)13-14(3)21-22/h13H,5-12H2,1-4H3,(H2,18,19,20). The van der Waals surface area contributed by atoms with Gasteiger partial charge in [-0.3, -0.25) is 14.5 Å². The Morgan fingerprint density at radius 2 is 2.08 bits per heavy atom. The van der Waals surface area contributed by atoms with Gasteiger partial charge in [-0.2, -0.15) is 5.10 Å². The van der Waals surface area contributed by atoms with Gasteiger partial charge in [-0.25, -0.2) is 0 Å². The van der Waals surface area contributed by atoms with Gasteiger partial charge in [0.05, 0.1) is 12.3 Å². The lowest BCUT2D eigenvalue weighted by Crippen LogP contribution is -2.38. The van der Waals surface area contributed by atoms with Crippen LogP contribution in [-0.2, 0) is 16.1 Å². The molecule has 0 saturated heterocycles. The van der Waals surface area contributed by atoms with Crippen molar-refractivity contribution in [1.82, 2.24) is 20.4 Å². The van der Waals surface area contributed by atoms with Crippen molar-refractivity contribution in [3.63, 3.8) is 0 Å². The Labute approximate surface area is 144 Å². The highest BCUT2D eigenvalue weighted by atomic mass is 16.5. The number of nitrogens with one attached hydrogen (secondary N) is 2. The summed E-state index contributed by atoms with van der Waals surface area (Å²) in [4.78, 5) is 15.8. The Morgan fingerprint density at radius 1 is 1.29 bits per heavy atom. The minimum absolute atomic E-state index is 0.147. The molecular weight excluding hydrogens is 306 g/mol. The minimum atomic E-state index is -0.147. The molecule has 136 valence electrons. The van der Waals surface area contributed by atoms with E-state index in [1.165, 1.54) is 5.69 Å². The number of guanidine groups is 1. The maximum atomic E-state index is 11.3. The lowest BCUT2D eigenvalue weighted by Gasteiger charge is -2.11. The van der Waals surface area contributed by atoms with Crippen molar-refractivity contribution < 1.29 is 9.53 Å². The summed E-state index contributed by atoms with van der Waals surface area (Å²) in [5.74, 6) is 0.640. The normalized spacial score (nSPS) is 11.4. The first-order valence-corrected chi connectivity index (χ1v) is 8.75. The average molecular weight is 337 g/mol. The molecule has 0 fully saturated rings. The fourth-order valence-electron chi connectivity index (χ4n) is 2.33. The molecule has 0 amide bonds. The number of aliphatic imine (C=N–C) groups is 1. The summed E-state index contributed by atoms with van der Waals surface area (Å²) in [6.07, 6.45) is 2.09. The molecule has 7 heteroatoms. The zero-order valence-corrected chi connectivity index (χ0v) is 15.4. The Balaban J connectivity index is 2.28. The van der Waals surface area contributed by atoms with Gasteiger partial charge in [0.1, 0.15) is 0 Å². The Hall–Kier alpha value is -2.05. The highest BCUT2D eigenvalue weighted by Crippen LogP contribution is 2.02. The topological polar surface area (TPSA) is 80.5 Å². The van der Waals surface area contributed by atoms with Gasteiger partial charge in [-0.05, 0) is 46.6 Å². The van der Waals surface area contributed by atoms with Crippen LogP contribution in [0.25, 0.3) is 0 Å². The molecular formula is C17H31N5O2. The molecule has 1 aromatic heterocycles. The number of rotatable bonds is 10. The van der Waals surface area contributed by atoms with E-state index in [0.29, 0.717) is 19.6 Å². The van der Waals surface area contributed by atoms with Crippen LogP contribution < -0.4 is 10.6 Å². The fourth-order valence-corrected chi connectivity index (χ4v) is 2.33. The summed E-state index contributed by atoms with van der Waals surface area (Å²) < 4.78 is 6.93. The van der Waals surface area contributed by atoms with Crippen molar-refractivity contribution in [2.24, 2.45) is 4.99 Å². The molecule has 1 rings (SSSR count). The first kappa shape index (κ1) is 20.0. The van der Waals surface area contributed by atoms with Crippen LogP contribution in [0, 0.1) is 13.8 Å². The van der Waals surface area contributed by atoms with Gasteiger partial charge in [0.2, 0.25) is 0 Å². The second-order valence-corrected chi connectivity index (χ2v) is 5.60. The lowest BCUT2D eigenvalue weighted by molar-refractivity contribution is -0.143. The van der Waals surface area contributed by atoms with Crippen LogP contribution >= 0.6 is 0 Å². The van der Waals surface area contributed by atoms with E-state index in [9.17, 15) is 4.79 Å². The monoisotopic (exact) mass is 337 g/mol. The van der Waals surface area contributed by atoms with Crippen molar-refractivity contribution in [3.8, 4) is 0 Å². The molecule has 0 unspecified atom stereocenters.